The zero-order valence-electron chi connectivity index (χ0n) is 10.2. The molecule has 2 nitrogen and oxygen atoms in total. The molecule has 90 valence electrons. The summed E-state index contributed by atoms with van der Waals surface area (Å²) in [5.74, 6) is 0. The first-order valence-corrected chi connectivity index (χ1v) is 6.70. The molecule has 3 N–H and O–H groups in total. The Bertz CT molecular complexity index is 571. The molecule has 0 aliphatic rings. The standard InChI is InChI=1S/C13H16N2S2/c1-13(2,3)9-6-4-8(5-7-9)10-11(14)17-12(16)15-10/h4-7H,14H2,1-3H3,(H,15,16). The molecule has 0 amide bonds. The first-order chi connectivity index (χ1) is 7.88. The van der Waals surface area contributed by atoms with Crippen LogP contribution in [-0.2, 0) is 5.41 Å². The number of hydrogen-bond acceptors (Lipinski definition) is 3. The number of rotatable bonds is 1. The fraction of sp³-hybridized carbons (Fsp3) is 0.308. The molecule has 1 aromatic heterocycles. The molecule has 0 unspecified atom stereocenters. The first-order valence-electron chi connectivity index (χ1n) is 5.47. The normalized spacial score (nSPS) is 11.7. The van der Waals surface area contributed by atoms with Gasteiger partial charge in [0.15, 0.2) is 3.95 Å². The number of aromatic amines is 1. The third-order valence-corrected chi connectivity index (χ3v) is 3.78. The number of thiazole rings is 1. The van der Waals surface area contributed by atoms with Gasteiger partial charge in [0, 0.05) is 5.56 Å². The number of H-pyrrole nitrogens is 1. The molecule has 2 rings (SSSR count). The second-order valence-electron chi connectivity index (χ2n) is 5.08. The summed E-state index contributed by atoms with van der Waals surface area (Å²) in [5.41, 5.74) is 9.42. The number of hydrogen-bond donors (Lipinski definition) is 2. The Hall–Kier alpha value is -1.13. The zero-order chi connectivity index (χ0) is 12.6. The van der Waals surface area contributed by atoms with Gasteiger partial charge in [0.25, 0.3) is 0 Å². The van der Waals surface area contributed by atoms with Crippen molar-refractivity contribution in [2.24, 2.45) is 0 Å². The highest BCUT2D eigenvalue weighted by atomic mass is 32.1. The lowest BCUT2D eigenvalue weighted by molar-refractivity contribution is 0.590. The molecule has 1 aromatic carbocycles. The van der Waals surface area contributed by atoms with E-state index in [1.54, 1.807) is 0 Å². The van der Waals surface area contributed by atoms with E-state index in [1.165, 1.54) is 16.9 Å². The summed E-state index contributed by atoms with van der Waals surface area (Å²) >= 11 is 6.50. The van der Waals surface area contributed by atoms with Crippen LogP contribution in [0.4, 0.5) is 5.00 Å². The van der Waals surface area contributed by atoms with E-state index in [-0.39, 0.29) is 5.41 Å². The maximum atomic E-state index is 5.92. The number of benzene rings is 1. The van der Waals surface area contributed by atoms with E-state index in [4.69, 9.17) is 18.0 Å². The summed E-state index contributed by atoms with van der Waals surface area (Å²) in [5, 5.41) is 0.749. The Morgan fingerprint density at radius 1 is 1.18 bits per heavy atom. The smallest absolute Gasteiger partial charge is 0.160 e. The van der Waals surface area contributed by atoms with E-state index >= 15 is 0 Å². The maximum absolute atomic E-state index is 5.92. The van der Waals surface area contributed by atoms with Crippen molar-refractivity contribution in [3.8, 4) is 11.3 Å². The van der Waals surface area contributed by atoms with E-state index in [0.29, 0.717) is 0 Å². The lowest BCUT2D eigenvalue weighted by Crippen LogP contribution is -2.10. The number of nitrogens with one attached hydrogen (secondary N) is 1. The average Bonchev–Trinajstić information content (AvgIpc) is 2.57. The van der Waals surface area contributed by atoms with Crippen molar-refractivity contribution < 1.29 is 0 Å². The lowest BCUT2D eigenvalue weighted by atomic mass is 9.86. The molecule has 0 radical (unpaired) electrons. The van der Waals surface area contributed by atoms with Crippen molar-refractivity contribution in [2.45, 2.75) is 26.2 Å². The molecule has 0 spiro atoms. The molecule has 17 heavy (non-hydrogen) atoms. The van der Waals surface area contributed by atoms with Crippen LogP contribution >= 0.6 is 23.6 Å². The minimum Gasteiger partial charge on any atom is -0.389 e. The molecule has 0 saturated carbocycles. The van der Waals surface area contributed by atoms with Gasteiger partial charge in [-0.05, 0) is 23.2 Å². The van der Waals surface area contributed by atoms with Crippen molar-refractivity contribution in [1.82, 2.24) is 4.98 Å². The summed E-state index contributed by atoms with van der Waals surface area (Å²) in [6.45, 7) is 6.61. The zero-order valence-corrected chi connectivity index (χ0v) is 11.8. The Labute approximate surface area is 111 Å². The van der Waals surface area contributed by atoms with Crippen molar-refractivity contribution in [3.05, 3.63) is 33.8 Å². The molecule has 2 aromatic rings. The van der Waals surface area contributed by atoms with E-state index in [2.05, 4.69) is 50.0 Å². The molecule has 0 aliphatic carbocycles. The van der Waals surface area contributed by atoms with Crippen molar-refractivity contribution in [2.75, 3.05) is 5.73 Å². The monoisotopic (exact) mass is 264 g/mol. The summed E-state index contributed by atoms with van der Waals surface area (Å²) in [7, 11) is 0. The van der Waals surface area contributed by atoms with Gasteiger partial charge in [-0.3, -0.25) is 0 Å². The molecule has 4 heteroatoms. The van der Waals surface area contributed by atoms with E-state index in [9.17, 15) is 0 Å². The highest BCUT2D eigenvalue weighted by molar-refractivity contribution is 7.73. The maximum Gasteiger partial charge on any atom is 0.160 e. The second-order valence-corrected chi connectivity index (χ2v) is 6.80. The summed E-state index contributed by atoms with van der Waals surface area (Å²) in [4.78, 5) is 3.13. The molecule has 0 aliphatic heterocycles. The van der Waals surface area contributed by atoms with Crippen LogP contribution in [0.2, 0.25) is 0 Å². The molecule has 1 heterocycles. The van der Waals surface area contributed by atoms with Gasteiger partial charge < -0.3 is 10.7 Å². The van der Waals surface area contributed by atoms with Crippen LogP contribution in [-0.4, -0.2) is 4.98 Å². The van der Waals surface area contributed by atoms with E-state index in [1.807, 2.05) is 0 Å². The van der Waals surface area contributed by atoms with Gasteiger partial charge >= 0.3 is 0 Å². The second kappa shape index (κ2) is 4.27. The highest BCUT2D eigenvalue weighted by Crippen LogP contribution is 2.30. The molecular formula is C13H16N2S2. The van der Waals surface area contributed by atoms with Crippen molar-refractivity contribution >= 4 is 28.6 Å². The largest absolute Gasteiger partial charge is 0.389 e. The van der Waals surface area contributed by atoms with Crippen molar-refractivity contribution in [3.63, 3.8) is 0 Å². The summed E-state index contributed by atoms with van der Waals surface area (Å²) < 4.78 is 0.720. The number of anilines is 1. The number of nitrogen functional groups attached to an aromatic ring is 1. The lowest BCUT2D eigenvalue weighted by Gasteiger charge is -2.19. The molecular weight excluding hydrogens is 248 g/mol. The summed E-state index contributed by atoms with van der Waals surface area (Å²) in [6.07, 6.45) is 0. The van der Waals surface area contributed by atoms with Gasteiger partial charge in [0.1, 0.15) is 5.00 Å². The Morgan fingerprint density at radius 3 is 2.18 bits per heavy atom. The fourth-order valence-electron chi connectivity index (χ4n) is 1.69. The van der Waals surface area contributed by atoms with Gasteiger partial charge in [-0.15, -0.1) is 0 Å². The first kappa shape index (κ1) is 12.3. The minimum atomic E-state index is 0.172. The van der Waals surface area contributed by atoms with Crippen LogP contribution in [0.5, 0.6) is 0 Å². The Morgan fingerprint density at radius 2 is 1.76 bits per heavy atom. The van der Waals surface area contributed by atoms with Gasteiger partial charge in [-0.25, -0.2) is 0 Å². The topological polar surface area (TPSA) is 41.8 Å². The van der Waals surface area contributed by atoms with Gasteiger partial charge in [-0.1, -0.05) is 56.4 Å². The quantitative estimate of drug-likeness (QED) is 0.752. The number of nitrogens with two attached hydrogens (primary N) is 1. The van der Waals surface area contributed by atoms with Crippen LogP contribution < -0.4 is 5.73 Å². The predicted molar refractivity (Wildman–Crippen MR) is 78.1 cm³/mol. The third-order valence-electron chi connectivity index (χ3n) is 2.72. The van der Waals surface area contributed by atoms with E-state index < -0.39 is 0 Å². The van der Waals surface area contributed by atoms with Crippen LogP contribution in [0.1, 0.15) is 26.3 Å². The Kier molecular flexibility index (Phi) is 3.10. The minimum absolute atomic E-state index is 0.172. The highest BCUT2D eigenvalue weighted by Gasteiger charge is 2.13. The SMILES string of the molecule is CC(C)(C)c1ccc(-c2[nH]c(=S)sc2N)cc1. The van der Waals surface area contributed by atoms with Gasteiger partial charge in [0.2, 0.25) is 0 Å². The summed E-state index contributed by atoms with van der Waals surface area (Å²) in [6, 6.07) is 8.46. The number of aromatic nitrogens is 1. The molecule has 0 atom stereocenters. The van der Waals surface area contributed by atoms with E-state index in [0.717, 1.165) is 20.2 Å². The van der Waals surface area contributed by atoms with Crippen LogP contribution in [0, 0.1) is 3.95 Å². The fourth-order valence-corrected chi connectivity index (χ4v) is 2.69. The average molecular weight is 264 g/mol. The molecule has 0 saturated heterocycles. The Balaban J connectivity index is 2.43. The van der Waals surface area contributed by atoms with Gasteiger partial charge in [-0.2, -0.15) is 0 Å². The van der Waals surface area contributed by atoms with Crippen molar-refractivity contribution in [1.29, 1.82) is 0 Å². The van der Waals surface area contributed by atoms with Crippen LogP contribution in [0.3, 0.4) is 0 Å². The molecule has 0 fully saturated rings. The van der Waals surface area contributed by atoms with Gasteiger partial charge in [0.05, 0.1) is 5.69 Å². The predicted octanol–water partition coefficient (Wildman–Crippen LogP) is 4.35. The third kappa shape index (κ3) is 2.58. The van der Waals surface area contributed by atoms with Crippen LogP contribution in [0.15, 0.2) is 24.3 Å². The molecule has 0 bridgehead atoms. The van der Waals surface area contributed by atoms with Crippen LogP contribution in [0.25, 0.3) is 11.3 Å².